The topological polar surface area (TPSA) is 58.4 Å². The number of anilines is 2. The number of amides is 1. The number of benzene rings is 1. The highest BCUT2D eigenvalue weighted by molar-refractivity contribution is 5.97. The van der Waals surface area contributed by atoms with Crippen LogP contribution in [0, 0.1) is 5.41 Å². The molecule has 1 atom stereocenters. The molecular weight excluding hydrogens is 238 g/mol. The Bertz CT molecular complexity index is 470. The van der Waals surface area contributed by atoms with E-state index in [1.165, 1.54) is 0 Å². The minimum Gasteiger partial charge on any atom is -0.397 e. The Morgan fingerprint density at radius 2 is 2.11 bits per heavy atom. The SMILES string of the molecule is CC(C(=O)Nc1ccccc1N)N1CCC(C)(C)C1. The maximum Gasteiger partial charge on any atom is 0.241 e. The van der Waals surface area contributed by atoms with Gasteiger partial charge < -0.3 is 11.1 Å². The second-order valence-electron chi connectivity index (χ2n) is 6.14. The molecule has 104 valence electrons. The molecule has 3 N–H and O–H groups in total. The molecule has 0 saturated carbocycles. The molecule has 1 heterocycles. The lowest BCUT2D eigenvalue weighted by Crippen LogP contribution is -2.41. The number of carbonyl (C=O) groups excluding carboxylic acids is 1. The monoisotopic (exact) mass is 261 g/mol. The maximum atomic E-state index is 12.3. The van der Waals surface area contributed by atoms with Crippen molar-refractivity contribution in [2.75, 3.05) is 24.1 Å². The molecular formula is C15H23N3O. The standard InChI is InChI=1S/C15H23N3O/c1-11(18-9-8-15(2,3)10-18)14(19)17-13-7-5-4-6-12(13)16/h4-7,11H,8-10,16H2,1-3H3,(H,17,19). The molecule has 0 radical (unpaired) electrons. The van der Waals surface area contributed by atoms with Crippen molar-refractivity contribution in [2.45, 2.75) is 33.2 Å². The van der Waals surface area contributed by atoms with Crippen LogP contribution in [0.25, 0.3) is 0 Å². The van der Waals surface area contributed by atoms with Crippen LogP contribution in [0.2, 0.25) is 0 Å². The summed E-state index contributed by atoms with van der Waals surface area (Å²) >= 11 is 0. The predicted octanol–water partition coefficient (Wildman–Crippen LogP) is 2.33. The van der Waals surface area contributed by atoms with Gasteiger partial charge in [-0.1, -0.05) is 26.0 Å². The van der Waals surface area contributed by atoms with Crippen LogP contribution in [-0.2, 0) is 4.79 Å². The second kappa shape index (κ2) is 5.21. The Labute approximate surface area is 115 Å². The highest BCUT2D eigenvalue weighted by atomic mass is 16.2. The molecule has 0 aromatic heterocycles. The third-order valence-corrected chi connectivity index (χ3v) is 3.85. The average molecular weight is 261 g/mol. The summed E-state index contributed by atoms with van der Waals surface area (Å²) in [7, 11) is 0. The summed E-state index contributed by atoms with van der Waals surface area (Å²) in [4.78, 5) is 14.5. The first-order valence-electron chi connectivity index (χ1n) is 6.78. The van der Waals surface area contributed by atoms with Gasteiger partial charge >= 0.3 is 0 Å². The minimum atomic E-state index is -0.124. The molecule has 2 rings (SSSR count). The third-order valence-electron chi connectivity index (χ3n) is 3.85. The van der Waals surface area contributed by atoms with Gasteiger partial charge in [-0.2, -0.15) is 0 Å². The Balaban J connectivity index is 1.99. The number of nitrogens with one attached hydrogen (secondary N) is 1. The number of likely N-dealkylation sites (tertiary alicyclic amines) is 1. The Morgan fingerprint density at radius 3 is 2.68 bits per heavy atom. The van der Waals surface area contributed by atoms with Gasteiger partial charge in [0.25, 0.3) is 0 Å². The molecule has 4 nitrogen and oxygen atoms in total. The lowest BCUT2D eigenvalue weighted by atomic mass is 9.93. The molecule has 1 saturated heterocycles. The van der Waals surface area contributed by atoms with Crippen LogP contribution in [-0.4, -0.2) is 29.9 Å². The molecule has 1 aromatic rings. The number of hydrogen-bond donors (Lipinski definition) is 2. The Kier molecular flexibility index (Phi) is 3.80. The number of carbonyl (C=O) groups is 1. The fraction of sp³-hybridized carbons (Fsp3) is 0.533. The highest BCUT2D eigenvalue weighted by Gasteiger charge is 2.34. The Morgan fingerprint density at radius 1 is 1.42 bits per heavy atom. The van der Waals surface area contributed by atoms with Crippen molar-refractivity contribution in [3.05, 3.63) is 24.3 Å². The van der Waals surface area contributed by atoms with Crippen LogP contribution in [0.3, 0.4) is 0 Å². The van der Waals surface area contributed by atoms with Crippen molar-refractivity contribution < 1.29 is 4.79 Å². The second-order valence-corrected chi connectivity index (χ2v) is 6.14. The van der Waals surface area contributed by atoms with E-state index in [4.69, 9.17) is 5.73 Å². The summed E-state index contributed by atoms with van der Waals surface area (Å²) in [5.74, 6) is 0.00981. The summed E-state index contributed by atoms with van der Waals surface area (Å²) in [6, 6.07) is 7.22. The minimum absolute atomic E-state index is 0.00981. The molecule has 4 heteroatoms. The van der Waals surface area contributed by atoms with Gasteiger partial charge in [-0.25, -0.2) is 0 Å². The van der Waals surface area contributed by atoms with E-state index in [9.17, 15) is 4.79 Å². The van der Waals surface area contributed by atoms with Gasteiger partial charge in [-0.15, -0.1) is 0 Å². The van der Waals surface area contributed by atoms with Crippen LogP contribution in [0.5, 0.6) is 0 Å². The first-order valence-corrected chi connectivity index (χ1v) is 6.78. The summed E-state index contributed by atoms with van der Waals surface area (Å²) in [6.07, 6.45) is 1.14. The van der Waals surface area contributed by atoms with Crippen LogP contribution in [0.4, 0.5) is 11.4 Å². The van der Waals surface area contributed by atoms with E-state index in [2.05, 4.69) is 24.1 Å². The summed E-state index contributed by atoms with van der Waals surface area (Å²) < 4.78 is 0. The number of nitrogens with zero attached hydrogens (tertiary/aromatic N) is 1. The number of nitrogen functional groups attached to an aromatic ring is 1. The van der Waals surface area contributed by atoms with Crippen molar-refractivity contribution in [3.63, 3.8) is 0 Å². The van der Waals surface area contributed by atoms with E-state index < -0.39 is 0 Å². The van der Waals surface area contributed by atoms with E-state index in [1.54, 1.807) is 6.07 Å². The highest BCUT2D eigenvalue weighted by Crippen LogP contribution is 2.30. The zero-order valence-electron chi connectivity index (χ0n) is 11.9. The van der Waals surface area contributed by atoms with Gasteiger partial charge in [-0.05, 0) is 37.4 Å². The molecule has 0 bridgehead atoms. The quantitative estimate of drug-likeness (QED) is 0.821. The van der Waals surface area contributed by atoms with E-state index in [0.717, 1.165) is 19.5 Å². The molecule has 1 fully saturated rings. The molecule has 1 aliphatic heterocycles. The summed E-state index contributed by atoms with van der Waals surface area (Å²) in [6.45, 7) is 8.38. The molecule has 0 spiro atoms. The zero-order chi connectivity index (χ0) is 14.0. The van der Waals surface area contributed by atoms with Gasteiger partial charge in [0.1, 0.15) is 0 Å². The smallest absolute Gasteiger partial charge is 0.241 e. The zero-order valence-corrected chi connectivity index (χ0v) is 11.9. The van der Waals surface area contributed by atoms with Crippen molar-refractivity contribution in [1.29, 1.82) is 0 Å². The van der Waals surface area contributed by atoms with E-state index >= 15 is 0 Å². The van der Waals surface area contributed by atoms with Crippen molar-refractivity contribution in [3.8, 4) is 0 Å². The predicted molar refractivity (Wildman–Crippen MR) is 78.9 cm³/mol. The van der Waals surface area contributed by atoms with Crippen LogP contribution < -0.4 is 11.1 Å². The van der Waals surface area contributed by atoms with Crippen LogP contribution in [0.15, 0.2) is 24.3 Å². The molecule has 1 unspecified atom stereocenters. The van der Waals surface area contributed by atoms with Crippen molar-refractivity contribution >= 4 is 17.3 Å². The normalized spacial score (nSPS) is 20.2. The summed E-state index contributed by atoms with van der Waals surface area (Å²) in [5, 5.41) is 2.91. The first kappa shape index (κ1) is 13.9. The molecule has 0 aliphatic carbocycles. The fourth-order valence-corrected chi connectivity index (χ4v) is 2.50. The molecule has 1 amide bonds. The lowest BCUT2D eigenvalue weighted by molar-refractivity contribution is -0.120. The van der Waals surface area contributed by atoms with Gasteiger partial charge in [0, 0.05) is 6.54 Å². The van der Waals surface area contributed by atoms with Gasteiger partial charge in [-0.3, -0.25) is 9.69 Å². The Hall–Kier alpha value is -1.55. The maximum absolute atomic E-state index is 12.3. The molecule has 1 aromatic carbocycles. The lowest BCUT2D eigenvalue weighted by Gasteiger charge is -2.25. The average Bonchev–Trinajstić information content (AvgIpc) is 2.71. The van der Waals surface area contributed by atoms with Crippen molar-refractivity contribution in [1.82, 2.24) is 4.90 Å². The van der Waals surface area contributed by atoms with Gasteiger partial charge in [0.15, 0.2) is 0 Å². The third kappa shape index (κ3) is 3.26. The van der Waals surface area contributed by atoms with Gasteiger partial charge in [0.05, 0.1) is 17.4 Å². The number of nitrogens with two attached hydrogens (primary N) is 1. The van der Waals surface area contributed by atoms with Crippen LogP contribution in [0.1, 0.15) is 27.2 Å². The number of para-hydroxylation sites is 2. The van der Waals surface area contributed by atoms with Gasteiger partial charge in [0.2, 0.25) is 5.91 Å². The van der Waals surface area contributed by atoms with E-state index in [-0.39, 0.29) is 11.9 Å². The van der Waals surface area contributed by atoms with Crippen LogP contribution >= 0.6 is 0 Å². The number of hydrogen-bond acceptors (Lipinski definition) is 3. The molecule has 1 aliphatic rings. The summed E-state index contributed by atoms with van der Waals surface area (Å²) in [5.41, 5.74) is 7.44. The largest absolute Gasteiger partial charge is 0.397 e. The van der Waals surface area contributed by atoms with E-state index in [1.807, 2.05) is 25.1 Å². The van der Waals surface area contributed by atoms with E-state index in [0.29, 0.717) is 16.8 Å². The number of rotatable bonds is 3. The van der Waals surface area contributed by atoms with Crippen molar-refractivity contribution in [2.24, 2.45) is 5.41 Å². The first-order chi connectivity index (χ1) is 8.89. The fourth-order valence-electron chi connectivity index (χ4n) is 2.50. The molecule has 19 heavy (non-hydrogen) atoms.